The van der Waals surface area contributed by atoms with Gasteiger partial charge < -0.3 is 25.3 Å². The van der Waals surface area contributed by atoms with Gasteiger partial charge in [0.2, 0.25) is 5.91 Å². The maximum absolute atomic E-state index is 13.9. The second-order valence-electron chi connectivity index (χ2n) is 12.5. The Bertz CT molecular complexity index is 1740. The van der Waals surface area contributed by atoms with E-state index in [0.29, 0.717) is 43.2 Å². The lowest BCUT2D eigenvalue weighted by Crippen LogP contribution is -2.54. The molecule has 4 aromatic rings. The molecule has 1 saturated heterocycles. The SMILES string of the molecule is Cc1c([C@@](C)(NCC(=O)OCC(C)C)C(=O)N2CCCC2)ccc2[nH]c(CNc3ccc(C(=N)NC(=O)c4ccccc4)cc3)nc12. The fourth-order valence-corrected chi connectivity index (χ4v) is 5.76. The normalized spacial score (nSPS) is 14.2. The van der Waals surface area contributed by atoms with Crippen molar-refractivity contribution in [3.63, 3.8) is 0 Å². The number of rotatable bonds is 12. The minimum Gasteiger partial charge on any atom is -0.464 e. The van der Waals surface area contributed by atoms with Crippen molar-refractivity contribution in [3.05, 3.63) is 94.8 Å². The van der Waals surface area contributed by atoms with E-state index in [0.717, 1.165) is 40.7 Å². The summed E-state index contributed by atoms with van der Waals surface area (Å²) in [5.41, 5.74) is 3.96. The fourth-order valence-electron chi connectivity index (χ4n) is 5.76. The molecule has 0 unspecified atom stereocenters. The number of benzene rings is 3. The first-order valence-electron chi connectivity index (χ1n) is 16.0. The molecule has 5 N–H and O–H groups in total. The van der Waals surface area contributed by atoms with Gasteiger partial charge in [0.1, 0.15) is 17.2 Å². The number of nitrogens with zero attached hydrogens (tertiary/aromatic N) is 2. The molecule has 0 bridgehead atoms. The Morgan fingerprint density at radius 1 is 1.00 bits per heavy atom. The molecule has 0 radical (unpaired) electrons. The minimum atomic E-state index is -1.15. The van der Waals surface area contributed by atoms with Gasteiger partial charge in [0.25, 0.3) is 5.91 Å². The van der Waals surface area contributed by atoms with Gasteiger partial charge in [-0.3, -0.25) is 25.1 Å². The molecule has 1 aliphatic heterocycles. The van der Waals surface area contributed by atoms with Crippen molar-refractivity contribution in [1.29, 1.82) is 5.41 Å². The number of aromatic amines is 1. The van der Waals surface area contributed by atoms with Crippen molar-refractivity contribution in [1.82, 2.24) is 25.5 Å². The molecule has 2 heterocycles. The average Bonchev–Trinajstić information content (AvgIpc) is 3.77. The summed E-state index contributed by atoms with van der Waals surface area (Å²) in [5, 5.41) is 17.5. The average molecular weight is 638 g/mol. The van der Waals surface area contributed by atoms with E-state index in [1.54, 1.807) is 36.4 Å². The van der Waals surface area contributed by atoms with E-state index in [2.05, 4.69) is 20.9 Å². The number of carbonyl (C=O) groups excluding carboxylic acids is 3. The molecule has 2 amide bonds. The molecular formula is C36H43N7O4. The molecule has 0 spiro atoms. The highest BCUT2D eigenvalue weighted by molar-refractivity contribution is 6.11. The maximum atomic E-state index is 13.9. The van der Waals surface area contributed by atoms with Crippen LogP contribution in [-0.4, -0.2) is 64.7 Å². The third-order valence-electron chi connectivity index (χ3n) is 8.39. The Morgan fingerprint density at radius 3 is 2.38 bits per heavy atom. The number of nitrogens with one attached hydrogen (secondary N) is 5. The summed E-state index contributed by atoms with van der Waals surface area (Å²) in [7, 11) is 0. The summed E-state index contributed by atoms with van der Waals surface area (Å²) < 4.78 is 5.38. The molecule has 1 aliphatic rings. The fraction of sp³-hybridized carbons (Fsp3) is 0.361. The summed E-state index contributed by atoms with van der Waals surface area (Å²) in [4.78, 5) is 49.0. The number of amides is 2. The topological polar surface area (TPSA) is 152 Å². The van der Waals surface area contributed by atoms with Crippen molar-refractivity contribution in [3.8, 4) is 0 Å². The van der Waals surface area contributed by atoms with Crippen LogP contribution in [0.1, 0.15) is 66.5 Å². The number of carbonyl (C=O) groups is 3. The van der Waals surface area contributed by atoms with Gasteiger partial charge >= 0.3 is 5.97 Å². The number of amidine groups is 1. The summed E-state index contributed by atoms with van der Waals surface area (Å²) >= 11 is 0. The number of likely N-dealkylation sites (tertiary alicyclic amines) is 1. The molecule has 11 heteroatoms. The summed E-state index contributed by atoms with van der Waals surface area (Å²) in [5.74, 6) is 0.159. The Hall–Kier alpha value is -5.03. The van der Waals surface area contributed by atoms with E-state index < -0.39 is 11.5 Å². The van der Waals surface area contributed by atoms with E-state index >= 15 is 0 Å². The van der Waals surface area contributed by atoms with Gasteiger partial charge in [0.05, 0.1) is 30.7 Å². The van der Waals surface area contributed by atoms with Crippen molar-refractivity contribution < 1.29 is 19.1 Å². The van der Waals surface area contributed by atoms with Crippen LogP contribution in [0.25, 0.3) is 11.0 Å². The lowest BCUT2D eigenvalue weighted by molar-refractivity contribution is -0.145. The number of anilines is 1. The number of aromatic nitrogens is 2. The van der Waals surface area contributed by atoms with E-state index in [1.165, 1.54) is 0 Å². The van der Waals surface area contributed by atoms with Crippen LogP contribution in [0.3, 0.4) is 0 Å². The second-order valence-corrected chi connectivity index (χ2v) is 12.5. The van der Waals surface area contributed by atoms with Gasteiger partial charge in [-0.05, 0) is 86.2 Å². The minimum absolute atomic E-state index is 0.0196. The van der Waals surface area contributed by atoms with Crippen LogP contribution in [0, 0.1) is 18.3 Å². The monoisotopic (exact) mass is 637 g/mol. The van der Waals surface area contributed by atoms with Crippen LogP contribution in [0.2, 0.25) is 0 Å². The van der Waals surface area contributed by atoms with E-state index in [9.17, 15) is 14.4 Å². The van der Waals surface area contributed by atoms with Crippen LogP contribution in [0.4, 0.5) is 5.69 Å². The summed E-state index contributed by atoms with van der Waals surface area (Å²) in [6, 6.07) is 19.9. The van der Waals surface area contributed by atoms with Crippen LogP contribution in [0.5, 0.6) is 0 Å². The number of ether oxygens (including phenoxy) is 1. The van der Waals surface area contributed by atoms with E-state index in [1.807, 2.05) is 62.9 Å². The molecule has 246 valence electrons. The first-order valence-corrected chi connectivity index (χ1v) is 16.0. The smallest absolute Gasteiger partial charge is 0.319 e. The van der Waals surface area contributed by atoms with E-state index in [4.69, 9.17) is 15.1 Å². The number of esters is 1. The molecule has 3 aromatic carbocycles. The lowest BCUT2D eigenvalue weighted by atomic mass is 9.86. The third kappa shape index (κ3) is 7.86. The maximum Gasteiger partial charge on any atom is 0.319 e. The molecule has 5 rings (SSSR count). The van der Waals surface area contributed by atoms with Crippen molar-refractivity contribution in [2.75, 3.05) is 31.6 Å². The van der Waals surface area contributed by atoms with Crippen LogP contribution in [0.15, 0.2) is 66.7 Å². The van der Waals surface area contributed by atoms with Crippen molar-refractivity contribution >= 4 is 40.3 Å². The zero-order valence-electron chi connectivity index (χ0n) is 27.4. The number of imidazole rings is 1. The largest absolute Gasteiger partial charge is 0.464 e. The Balaban J connectivity index is 1.28. The molecule has 1 aromatic heterocycles. The summed E-state index contributed by atoms with van der Waals surface area (Å²) in [6.07, 6.45) is 1.92. The van der Waals surface area contributed by atoms with Crippen molar-refractivity contribution in [2.24, 2.45) is 5.92 Å². The number of fused-ring (bicyclic) bond motifs is 1. The number of aryl methyl sites for hydroxylation is 1. The predicted molar refractivity (Wildman–Crippen MR) is 182 cm³/mol. The quantitative estimate of drug-likeness (QED) is 0.0845. The molecule has 1 fully saturated rings. The van der Waals surface area contributed by atoms with Crippen LogP contribution < -0.4 is 16.0 Å². The predicted octanol–water partition coefficient (Wildman–Crippen LogP) is 4.87. The number of hydrogen-bond acceptors (Lipinski definition) is 8. The van der Waals surface area contributed by atoms with Gasteiger partial charge in [0, 0.05) is 29.9 Å². The molecule has 1 atom stereocenters. The third-order valence-corrected chi connectivity index (χ3v) is 8.39. The number of hydrogen-bond donors (Lipinski definition) is 5. The highest BCUT2D eigenvalue weighted by Crippen LogP contribution is 2.32. The van der Waals surface area contributed by atoms with Gasteiger partial charge in [-0.2, -0.15) is 0 Å². The zero-order valence-corrected chi connectivity index (χ0v) is 27.4. The Labute approximate surface area is 275 Å². The highest BCUT2D eigenvalue weighted by Gasteiger charge is 2.41. The highest BCUT2D eigenvalue weighted by atomic mass is 16.5. The first kappa shape index (κ1) is 33.3. The Kier molecular flexibility index (Phi) is 10.4. The lowest BCUT2D eigenvalue weighted by Gasteiger charge is -2.35. The molecule has 47 heavy (non-hydrogen) atoms. The van der Waals surface area contributed by atoms with Crippen LogP contribution >= 0.6 is 0 Å². The van der Waals surface area contributed by atoms with Gasteiger partial charge in [-0.1, -0.05) is 38.1 Å². The molecular weight excluding hydrogens is 594 g/mol. The van der Waals surface area contributed by atoms with Gasteiger partial charge in [-0.25, -0.2) is 4.98 Å². The summed E-state index contributed by atoms with van der Waals surface area (Å²) in [6.45, 7) is 9.78. The molecule has 11 nitrogen and oxygen atoms in total. The first-order chi connectivity index (χ1) is 22.5. The molecule has 0 aliphatic carbocycles. The van der Waals surface area contributed by atoms with E-state index in [-0.39, 0.29) is 30.1 Å². The van der Waals surface area contributed by atoms with Crippen molar-refractivity contribution in [2.45, 2.75) is 52.6 Å². The Morgan fingerprint density at radius 2 is 1.70 bits per heavy atom. The standard InChI is InChI=1S/C36H43N7O4/c1-23(2)22-47-31(44)21-39-36(4,35(46)43-18-8-9-19-43)28-16-17-29-32(24(28)3)41-30(40-29)20-38-27-14-12-25(13-15-27)33(37)42-34(45)26-10-6-5-7-11-26/h5-7,10-17,23,38-39H,8-9,18-22H2,1-4H3,(H,40,41)(H2,37,42,45)/t36-/m1/s1. The van der Waals surface area contributed by atoms with Crippen LogP contribution in [-0.2, 0) is 26.4 Å². The molecule has 0 saturated carbocycles. The van der Waals surface area contributed by atoms with Gasteiger partial charge in [-0.15, -0.1) is 0 Å². The number of H-pyrrole nitrogens is 1. The van der Waals surface area contributed by atoms with Gasteiger partial charge in [0.15, 0.2) is 0 Å². The zero-order chi connectivity index (χ0) is 33.6. The second kappa shape index (κ2) is 14.6.